The fourth-order valence-corrected chi connectivity index (χ4v) is 2.94. The predicted octanol–water partition coefficient (Wildman–Crippen LogP) is 1.73. The van der Waals surface area contributed by atoms with E-state index in [0.29, 0.717) is 6.04 Å². The molecule has 0 aliphatic carbocycles. The van der Waals surface area contributed by atoms with Crippen LogP contribution < -0.4 is 5.32 Å². The summed E-state index contributed by atoms with van der Waals surface area (Å²) in [5.74, 6) is 1.76. The van der Waals surface area contributed by atoms with Crippen LogP contribution in [0.3, 0.4) is 0 Å². The topological polar surface area (TPSA) is 24.5 Å². The predicted molar refractivity (Wildman–Crippen MR) is 71.2 cm³/mol. The first-order chi connectivity index (χ1) is 8.24. The van der Waals surface area contributed by atoms with Crippen molar-refractivity contribution >= 4 is 0 Å². The molecule has 1 unspecified atom stereocenters. The van der Waals surface area contributed by atoms with Crippen molar-refractivity contribution < 1.29 is 4.74 Å². The van der Waals surface area contributed by atoms with Crippen LogP contribution in [-0.2, 0) is 4.74 Å². The van der Waals surface area contributed by atoms with Gasteiger partial charge in [0.1, 0.15) is 0 Å². The number of nitrogens with zero attached hydrogens (tertiary/aromatic N) is 1. The lowest BCUT2D eigenvalue weighted by molar-refractivity contribution is 0.0551. The summed E-state index contributed by atoms with van der Waals surface area (Å²) >= 11 is 0. The third-order valence-electron chi connectivity index (χ3n) is 4.04. The lowest BCUT2D eigenvalue weighted by atomic mass is 10.00. The molecule has 100 valence electrons. The highest BCUT2D eigenvalue weighted by Crippen LogP contribution is 2.21. The van der Waals surface area contributed by atoms with Gasteiger partial charge in [-0.2, -0.15) is 0 Å². The highest BCUT2D eigenvalue weighted by molar-refractivity contribution is 4.80. The summed E-state index contributed by atoms with van der Waals surface area (Å²) in [6, 6.07) is 0.625. The summed E-state index contributed by atoms with van der Waals surface area (Å²) in [7, 11) is 0. The summed E-state index contributed by atoms with van der Waals surface area (Å²) in [4.78, 5) is 2.67. The molecule has 2 aliphatic heterocycles. The highest BCUT2D eigenvalue weighted by atomic mass is 16.5. The molecule has 2 aliphatic rings. The lowest BCUT2D eigenvalue weighted by Gasteiger charge is -2.27. The second-order valence-corrected chi connectivity index (χ2v) is 6.03. The molecule has 2 rings (SSSR count). The minimum Gasteiger partial charge on any atom is -0.381 e. The fraction of sp³-hybridized carbons (Fsp3) is 1.00. The minimum absolute atomic E-state index is 0.625. The zero-order valence-electron chi connectivity index (χ0n) is 11.5. The molecule has 0 aromatic carbocycles. The smallest absolute Gasteiger partial charge is 0.0469 e. The van der Waals surface area contributed by atoms with Crippen LogP contribution >= 0.6 is 0 Å². The molecule has 0 saturated carbocycles. The Morgan fingerprint density at radius 2 is 1.94 bits per heavy atom. The Hall–Kier alpha value is -0.120. The molecule has 2 heterocycles. The van der Waals surface area contributed by atoms with Gasteiger partial charge in [-0.15, -0.1) is 0 Å². The minimum atomic E-state index is 0.625. The SMILES string of the molecule is CC(C)NCC1CCN(CC2CCOCC2)C1. The molecule has 0 aromatic heterocycles. The summed E-state index contributed by atoms with van der Waals surface area (Å²) in [5.41, 5.74) is 0. The van der Waals surface area contributed by atoms with E-state index in [9.17, 15) is 0 Å². The van der Waals surface area contributed by atoms with Gasteiger partial charge < -0.3 is 15.0 Å². The Morgan fingerprint density at radius 3 is 2.65 bits per heavy atom. The quantitative estimate of drug-likeness (QED) is 0.792. The van der Waals surface area contributed by atoms with Crippen molar-refractivity contribution in [1.29, 1.82) is 0 Å². The normalized spacial score (nSPS) is 28.1. The second-order valence-electron chi connectivity index (χ2n) is 6.03. The van der Waals surface area contributed by atoms with Gasteiger partial charge in [0.25, 0.3) is 0 Å². The molecule has 0 spiro atoms. The number of hydrogen-bond acceptors (Lipinski definition) is 3. The van der Waals surface area contributed by atoms with Crippen molar-refractivity contribution in [3.05, 3.63) is 0 Å². The summed E-state index contributed by atoms with van der Waals surface area (Å²) < 4.78 is 5.42. The van der Waals surface area contributed by atoms with E-state index in [1.807, 2.05) is 0 Å². The number of rotatable bonds is 5. The molecule has 0 amide bonds. The Balaban J connectivity index is 1.63. The molecule has 3 heteroatoms. The van der Waals surface area contributed by atoms with E-state index in [2.05, 4.69) is 24.1 Å². The van der Waals surface area contributed by atoms with E-state index in [0.717, 1.165) is 25.0 Å². The van der Waals surface area contributed by atoms with Gasteiger partial charge >= 0.3 is 0 Å². The fourth-order valence-electron chi connectivity index (χ4n) is 2.94. The van der Waals surface area contributed by atoms with Crippen LogP contribution in [-0.4, -0.2) is 50.3 Å². The van der Waals surface area contributed by atoms with Crippen LogP contribution in [0.1, 0.15) is 33.1 Å². The standard InChI is InChI=1S/C14H28N2O/c1-12(2)15-9-14-3-6-16(11-14)10-13-4-7-17-8-5-13/h12-15H,3-11H2,1-2H3. The highest BCUT2D eigenvalue weighted by Gasteiger charge is 2.25. The first-order valence-electron chi connectivity index (χ1n) is 7.27. The Kier molecular flexibility index (Phi) is 5.26. The van der Waals surface area contributed by atoms with Crippen molar-refractivity contribution in [3.63, 3.8) is 0 Å². The molecule has 0 bridgehead atoms. The molecule has 1 N–H and O–H groups in total. The number of hydrogen-bond donors (Lipinski definition) is 1. The van der Waals surface area contributed by atoms with Gasteiger partial charge in [-0.25, -0.2) is 0 Å². The van der Waals surface area contributed by atoms with Crippen molar-refractivity contribution in [2.45, 2.75) is 39.2 Å². The third kappa shape index (κ3) is 4.57. The molecule has 2 saturated heterocycles. The van der Waals surface area contributed by atoms with E-state index in [4.69, 9.17) is 4.74 Å². The van der Waals surface area contributed by atoms with Crippen molar-refractivity contribution in [3.8, 4) is 0 Å². The molecule has 3 nitrogen and oxygen atoms in total. The van der Waals surface area contributed by atoms with Gasteiger partial charge in [-0.3, -0.25) is 0 Å². The molecule has 0 radical (unpaired) electrons. The molecule has 1 atom stereocenters. The number of nitrogens with one attached hydrogen (secondary N) is 1. The van der Waals surface area contributed by atoms with Crippen molar-refractivity contribution in [1.82, 2.24) is 10.2 Å². The van der Waals surface area contributed by atoms with Crippen LogP contribution in [0.4, 0.5) is 0 Å². The Labute approximate surface area is 106 Å². The van der Waals surface area contributed by atoms with Crippen LogP contribution in [0.15, 0.2) is 0 Å². The molecular weight excluding hydrogens is 212 g/mol. The first-order valence-corrected chi connectivity index (χ1v) is 7.27. The molecule has 17 heavy (non-hydrogen) atoms. The number of likely N-dealkylation sites (tertiary alicyclic amines) is 1. The Bertz CT molecular complexity index is 214. The average molecular weight is 240 g/mol. The lowest BCUT2D eigenvalue weighted by Crippen LogP contribution is -2.33. The van der Waals surface area contributed by atoms with E-state index in [-0.39, 0.29) is 0 Å². The van der Waals surface area contributed by atoms with E-state index in [1.54, 1.807) is 0 Å². The monoisotopic (exact) mass is 240 g/mol. The van der Waals surface area contributed by atoms with Crippen LogP contribution in [0, 0.1) is 11.8 Å². The number of ether oxygens (including phenoxy) is 1. The van der Waals surface area contributed by atoms with E-state index < -0.39 is 0 Å². The van der Waals surface area contributed by atoms with Crippen LogP contribution in [0.25, 0.3) is 0 Å². The van der Waals surface area contributed by atoms with Gasteiger partial charge in [0.2, 0.25) is 0 Å². The molecule has 2 fully saturated rings. The maximum absolute atomic E-state index is 5.42. The zero-order chi connectivity index (χ0) is 12.1. The first kappa shape index (κ1) is 13.3. The van der Waals surface area contributed by atoms with Gasteiger partial charge in [0, 0.05) is 32.3 Å². The molecular formula is C14H28N2O. The maximum atomic E-state index is 5.42. The van der Waals surface area contributed by atoms with Gasteiger partial charge in [-0.1, -0.05) is 13.8 Å². The second kappa shape index (κ2) is 6.72. The van der Waals surface area contributed by atoms with Crippen LogP contribution in [0.5, 0.6) is 0 Å². The van der Waals surface area contributed by atoms with E-state index in [1.165, 1.54) is 45.4 Å². The third-order valence-corrected chi connectivity index (χ3v) is 4.04. The van der Waals surface area contributed by atoms with Gasteiger partial charge in [0.15, 0.2) is 0 Å². The summed E-state index contributed by atoms with van der Waals surface area (Å²) in [6.45, 7) is 11.5. The summed E-state index contributed by atoms with van der Waals surface area (Å²) in [6.07, 6.45) is 3.92. The largest absolute Gasteiger partial charge is 0.381 e. The summed E-state index contributed by atoms with van der Waals surface area (Å²) in [5, 5.41) is 3.56. The van der Waals surface area contributed by atoms with E-state index >= 15 is 0 Å². The average Bonchev–Trinajstić information content (AvgIpc) is 2.75. The maximum Gasteiger partial charge on any atom is 0.0469 e. The van der Waals surface area contributed by atoms with Gasteiger partial charge in [0.05, 0.1) is 0 Å². The van der Waals surface area contributed by atoms with Crippen molar-refractivity contribution in [2.24, 2.45) is 11.8 Å². The van der Waals surface area contributed by atoms with Crippen LogP contribution in [0.2, 0.25) is 0 Å². The Morgan fingerprint density at radius 1 is 1.18 bits per heavy atom. The van der Waals surface area contributed by atoms with Crippen molar-refractivity contribution in [2.75, 3.05) is 39.4 Å². The van der Waals surface area contributed by atoms with Gasteiger partial charge in [-0.05, 0) is 44.2 Å². The molecule has 0 aromatic rings. The zero-order valence-corrected chi connectivity index (χ0v) is 11.5.